The summed E-state index contributed by atoms with van der Waals surface area (Å²) in [5.74, 6) is 3.50. The molecule has 11 rings (SSSR count). The Bertz CT molecular complexity index is 2050. The van der Waals surface area contributed by atoms with E-state index in [1.165, 1.54) is 75.8 Å². The lowest BCUT2D eigenvalue weighted by Crippen LogP contribution is -2.40. The molecular weight excluding hydrogens is 530 g/mol. The Morgan fingerprint density at radius 2 is 1.18 bits per heavy atom. The first-order valence-electron chi connectivity index (χ1n) is 16.5. The molecule has 0 N–H and O–H groups in total. The van der Waals surface area contributed by atoms with Gasteiger partial charge in [0.05, 0.1) is 0 Å². The summed E-state index contributed by atoms with van der Waals surface area (Å²) in [4.78, 5) is 2.37. The normalized spacial score (nSPS) is 25.5. The van der Waals surface area contributed by atoms with Crippen molar-refractivity contribution in [3.05, 3.63) is 151 Å². The zero-order valence-corrected chi connectivity index (χ0v) is 24.9. The van der Waals surface area contributed by atoms with Crippen molar-refractivity contribution in [3.8, 4) is 22.3 Å². The number of nitrogens with zero attached hydrogens (tertiary/aromatic N) is 1. The molecule has 1 spiro atoms. The summed E-state index contributed by atoms with van der Waals surface area (Å²) in [6, 6.07) is 52.2. The number of hydrogen-bond donors (Lipinski definition) is 0. The van der Waals surface area contributed by atoms with Gasteiger partial charge in [-0.25, -0.2) is 0 Å². The van der Waals surface area contributed by atoms with Crippen LogP contribution in [-0.4, -0.2) is 0 Å². The molecule has 0 radical (unpaired) electrons. The van der Waals surface area contributed by atoms with Crippen LogP contribution in [0, 0.1) is 23.7 Å². The van der Waals surface area contributed by atoms with E-state index in [0.717, 1.165) is 23.7 Å². The summed E-state index contributed by atoms with van der Waals surface area (Å²) in [5, 5.41) is 2.52. The van der Waals surface area contributed by atoms with E-state index in [2.05, 4.69) is 144 Å². The fourth-order valence-corrected chi connectivity index (χ4v) is 10.3. The summed E-state index contributed by atoms with van der Waals surface area (Å²) in [6.45, 7) is 0. The molecule has 4 fully saturated rings. The van der Waals surface area contributed by atoms with E-state index < -0.39 is 0 Å². The largest absolute Gasteiger partial charge is 0.310 e. The Kier molecular flexibility index (Phi) is 5.18. The maximum Gasteiger partial charge on any atom is 0.0468 e. The van der Waals surface area contributed by atoms with Gasteiger partial charge in [-0.05, 0) is 136 Å². The predicted molar refractivity (Wildman–Crippen MR) is 183 cm³/mol. The fraction of sp³-hybridized carbons (Fsp3) is 0.209. The van der Waals surface area contributed by atoms with Gasteiger partial charge in [0.2, 0.25) is 0 Å². The van der Waals surface area contributed by atoms with Gasteiger partial charge in [-0.1, -0.05) is 97.1 Å². The molecule has 5 atom stereocenters. The Morgan fingerprint density at radius 3 is 2.05 bits per heavy atom. The van der Waals surface area contributed by atoms with E-state index in [0.29, 0.717) is 0 Å². The number of benzene rings is 6. The van der Waals surface area contributed by atoms with Crippen molar-refractivity contribution in [1.82, 2.24) is 0 Å². The second-order valence-electron chi connectivity index (χ2n) is 13.8. The van der Waals surface area contributed by atoms with Crippen molar-refractivity contribution in [2.24, 2.45) is 23.7 Å². The summed E-state index contributed by atoms with van der Waals surface area (Å²) in [5.41, 5.74) is 12.6. The Hall–Kier alpha value is -4.62. The van der Waals surface area contributed by atoms with E-state index in [-0.39, 0.29) is 5.41 Å². The minimum absolute atomic E-state index is 0.222. The van der Waals surface area contributed by atoms with Gasteiger partial charge in [0.15, 0.2) is 0 Å². The first-order valence-corrected chi connectivity index (χ1v) is 16.5. The first kappa shape index (κ1) is 24.8. The van der Waals surface area contributed by atoms with Gasteiger partial charge < -0.3 is 4.90 Å². The van der Waals surface area contributed by atoms with Gasteiger partial charge in [0, 0.05) is 22.5 Å². The van der Waals surface area contributed by atoms with E-state index in [9.17, 15) is 0 Å². The van der Waals surface area contributed by atoms with Gasteiger partial charge in [-0.15, -0.1) is 0 Å². The zero-order chi connectivity index (χ0) is 28.8. The standard InChI is InChI=1S/C43H35N/c1-2-10-35(11-3-1)44(37-20-16-29-8-4-5-9-31(29)26-37)36-18-14-30(15-19-36)32-17-21-39-38-12-6-7-13-40(38)43(42(39)27-32)34-23-28-22-33(25-34)41(43)24-28/h1-21,26-28,33-34,41H,22-25H2. The molecule has 5 unspecified atom stereocenters. The molecule has 0 aromatic heterocycles. The third kappa shape index (κ3) is 3.36. The zero-order valence-electron chi connectivity index (χ0n) is 24.9. The number of para-hydroxylation sites is 1. The van der Waals surface area contributed by atoms with Crippen molar-refractivity contribution in [2.75, 3.05) is 4.90 Å². The van der Waals surface area contributed by atoms with E-state index in [4.69, 9.17) is 0 Å². The van der Waals surface area contributed by atoms with Crippen molar-refractivity contribution >= 4 is 27.8 Å². The van der Waals surface area contributed by atoms with Crippen LogP contribution in [-0.2, 0) is 5.41 Å². The SMILES string of the molecule is c1ccc(N(c2ccc(-c3ccc4c(c3)C3(c5ccccc5-4)C4CC5CC(C4)C3C5)cc2)c2ccc3ccccc3c2)cc1. The predicted octanol–water partition coefficient (Wildman–Crippen LogP) is 11.3. The van der Waals surface area contributed by atoms with Crippen LogP contribution in [0.25, 0.3) is 33.0 Å². The lowest BCUT2D eigenvalue weighted by molar-refractivity contribution is 0.191. The van der Waals surface area contributed by atoms with Crippen LogP contribution in [0.1, 0.15) is 36.8 Å². The van der Waals surface area contributed by atoms with Crippen LogP contribution in [0.2, 0.25) is 0 Å². The quantitative estimate of drug-likeness (QED) is 0.205. The second kappa shape index (κ2) is 9.19. The van der Waals surface area contributed by atoms with E-state index >= 15 is 0 Å². The summed E-state index contributed by atoms with van der Waals surface area (Å²) in [7, 11) is 0. The van der Waals surface area contributed by atoms with Crippen LogP contribution >= 0.6 is 0 Å². The molecule has 1 nitrogen and oxygen atoms in total. The molecule has 5 aliphatic rings. The third-order valence-corrected chi connectivity index (χ3v) is 11.8. The van der Waals surface area contributed by atoms with Crippen molar-refractivity contribution in [3.63, 3.8) is 0 Å². The number of anilines is 3. The van der Waals surface area contributed by atoms with Crippen LogP contribution in [0.3, 0.4) is 0 Å². The summed E-state index contributed by atoms with van der Waals surface area (Å²) < 4.78 is 0. The monoisotopic (exact) mass is 565 g/mol. The Balaban J connectivity index is 1.07. The lowest BCUT2D eigenvalue weighted by Gasteiger charge is -2.44. The highest BCUT2D eigenvalue weighted by atomic mass is 15.1. The summed E-state index contributed by atoms with van der Waals surface area (Å²) in [6.07, 6.45) is 5.75. The van der Waals surface area contributed by atoms with Gasteiger partial charge in [-0.2, -0.15) is 0 Å². The Labute approximate surface area is 259 Å². The average molecular weight is 566 g/mol. The highest BCUT2D eigenvalue weighted by Gasteiger charge is 2.65. The van der Waals surface area contributed by atoms with Crippen LogP contribution in [0.5, 0.6) is 0 Å². The average Bonchev–Trinajstić information content (AvgIpc) is 3.63. The second-order valence-corrected chi connectivity index (χ2v) is 13.8. The maximum absolute atomic E-state index is 2.59. The molecule has 4 saturated carbocycles. The summed E-state index contributed by atoms with van der Waals surface area (Å²) >= 11 is 0. The number of fused-ring (bicyclic) bond motifs is 4. The maximum atomic E-state index is 2.59. The first-order chi connectivity index (χ1) is 21.8. The molecule has 0 saturated heterocycles. The van der Waals surface area contributed by atoms with Gasteiger partial charge in [-0.3, -0.25) is 0 Å². The van der Waals surface area contributed by atoms with Gasteiger partial charge >= 0.3 is 0 Å². The highest BCUT2D eigenvalue weighted by Crippen LogP contribution is 2.73. The molecule has 4 bridgehead atoms. The molecule has 212 valence electrons. The molecule has 5 aliphatic carbocycles. The molecule has 1 heteroatoms. The molecule has 6 aromatic rings. The molecule has 0 heterocycles. The molecule has 6 aromatic carbocycles. The molecular formula is C43H35N. The van der Waals surface area contributed by atoms with Crippen molar-refractivity contribution < 1.29 is 0 Å². The number of rotatable bonds is 4. The van der Waals surface area contributed by atoms with Gasteiger partial charge in [0.1, 0.15) is 0 Å². The lowest BCUT2D eigenvalue weighted by atomic mass is 9.59. The van der Waals surface area contributed by atoms with Crippen molar-refractivity contribution in [1.29, 1.82) is 0 Å². The minimum atomic E-state index is 0.222. The molecule has 0 amide bonds. The Morgan fingerprint density at radius 1 is 0.477 bits per heavy atom. The van der Waals surface area contributed by atoms with E-state index in [1.54, 1.807) is 11.1 Å². The number of hydrogen-bond acceptors (Lipinski definition) is 1. The van der Waals surface area contributed by atoms with Crippen LogP contribution in [0.4, 0.5) is 17.1 Å². The smallest absolute Gasteiger partial charge is 0.0468 e. The van der Waals surface area contributed by atoms with Crippen LogP contribution in [0.15, 0.2) is 140 Å². The van der Waals surface area contributed by atoms with E-state index in [1.807, 2.05) is 0 Å². The molecule has 0 aliphatic heterocycles. The minimum Gasteiger partial charge on any atom is -0.310 e. The van der Waals surface area contributed by atoms with Crippen molar-refractivity contribution in [2.45, 2.75) is 31.1 Å². The van der Waals surface area contributed by atoms with Crippen LogP contribution < -0.4 is 4.90 Å². The fourth-order valence-electron chi connectivity index (χ4n) is 10.3. The van der Waals surface area contributed by atoms with Gasteiger partial charge in [0.25, 0.3) is 0 Å². The highest BCUT2D eigenvalue weighted by molar-refractivity contribution is 5.90. The third-order valence-electron chi connectivity index (χ3n) is 11.8. The molecule has 44 heavy (non-hydrogen) atoms. The topological polar surface area (TPSA) is 3.24 Å².